The van der Waals surface area contributed by atoms with E-state index in [4.69, 9.17) is 11.6 Å². The first-order chi connectivity index (χ1) is 8.65. The Morgan fingerprint density at radius 3 is 2.72 bits per heavy atom. The second-order valence-corrected chi connectivity index (χ2v) is 7.05. The average Bonchev–Trinajstić information content (AvgIpc) is 2.84. The molecule has 4 heteroatoms. The lowest BCUT2D eigenvalue weighted by Gasteiger charge is -2.36. The first-order valence-electron chi connectivity index (χ1n) is 6.73. The third-order valence-electron chi connectivity index (χ3n) is 4.12. The topological polar surface area (TPSA) is 32.3 Å². The van der Waals surface area contributed by atoms with Crippen LogP contribution in [0.25, 0.3) is 0 Å². The Morgan fingerprint density at radius 2 is 2.17 bits per heavy atom. The molecule has 18 heavy (non-hydrogen) atoms. The van der Waals surface area contributed by atoms with Crippen LogP contribution < -0.4 is 5.32 Å². The van der Waals surface area contributed by atoms with Crippen molar-refractivity contribution in [3.63, 3.8) is 0 Å². The second-order valence-electron chi connectivity index (χ2n) is 5.51. The molecule has 0 amide bonds. The van der Waals surface area contributed by atoms with Gasteiger partial charge in [0.2, 0.25) is 0 Å². The van der Waals surface area contributed by atoms with Gasteiger partial charge in [0.1, 0.15) is 0 Å². The lowest BCUT2D eigenvalue weighted by atomic mass is 9.74. The molecule has 1 aliphatic carbocycles. The van der Waals surface area contributed by atoms with E-state index in [1.54, 1.807) is 11.3 Å². The first-order valence-corrected chi connectivity index (χ1v) is 7.99. The van der Waals surface area contributed by atoms with Gasteiger partial charge in [0.25, 0.3) is 0 Å². The molecular formula is C14H22ClNOS. The summed E-state index contributed by atoms with van der Waals surface area (Å²) < 4.78 is 0.841. The van der Waals surface area contributed by atoms with Gasteiger partial charge in [0, 0.05) is 24.6 Å². The second kappa shape index (κ2) is 6.38. The van der Waals surface area contributed by atoms with E-state index in [0.29, 0.717) is 12.6 Å². The normalized spacial score (nSPS) is 20.8. The highest BCUT2D eigenvalue weighted by Gasteiger charge is 2.31. The molecule has 0 spiro atoms. The average molecular weight is 288 g/mol. The fourth-order valence-corrected chi connectivity index (χ4v) is 3.72. The van der Waals surface area contributed by atoms with Gasteiger partial charge in [-0.3, -0.25) is 0 Å². The number of halogens is 1. The molecule has 1 fully saturated rings. The molecule has 2 rings (SSSR count). The van der Waals surface area contributed by atoms with Crippen LogP contribution in [0.15, 0.2) is 11.4 Å². The summed E-state index contributed by atoms with van der Waals surface area (Å²) in [5.41, 5.74) is 1.35. The van der Waals surface area contributed by atoms with Crippen molar-refractivity contribution in [2.45, 2.75) is 45.1 Å². The number of rotatable bonds is 5. The van der Waals surface area contributed by atoms with Gasteiger partial charge in [-0.2, -0.15) is 0 Å². The molecule has 1 heterocycles. The summed E-state index contributed by atoms with van der Waals surface area (Å²) >= 11 is 7.53. The number of hydrogen-bond acceptors (Lipinski definition) is 3. The minimum Gasteiger partial charge on any atom is -0.396 e. The van der Waals surface area contributed by atoms with Crippen molar-refractivity contribution in [2.75, 3.05) is 13.2 Å². The molecule has 1 aromatic rings. The Hall–Kier alpha value is -0.0900. The predicted molar refractivity (Wildman–Crippen MR) is 78.4 cm³/mol. The molecule has 102 valence electrons. The van der Waals surface area contributed by atoms with Crippen LogP contribution in [-0.2, 0) is 0 Å². The lowest BCUT2D eigenvalue weighted by Crippen LogP contribution is -2.39. The van der Waals surface area contributed by atoms with E-state index < -0.39 is 0 Å². The number of nitrogens with one attached hydrogen (secondary N) is 1. The van der Waals surface area contributed by atoms with Crippen molar-refractivity contribution >= 4 is 22.9 Å². The van der Waals surface area contributed by atoms with Crippen LogP contribution in [0.2, 0.25) is 4.34 Å². The van der Waals surface area contributed by atoms with Gasteiger partial charge < -0.3 is 10.4 Å². The Morgan fingerprint density at radius 1 is 1.44 bits per heavy atom. The monoisotopic (exact) mass is 287 g/mol. The van der Waals surface area contributed by atoms with Gasteiger partial charge in [0.15, 0.2) is 0 Å². The lowest BCUT2D eigenvalue weighted by molar-refractivity contribution is 0.0789. The van der Waals surface area contributed by atoms with Gasteiger partial charge >= 0.3 is 0 Å². The molecule has 0 saturated heterocycles. The molecule has 1 aromatic heterocycles. The van der Waals surface area contributed by atoms with Gasteiger partial charge in [-0.1, -0.05) is 30.9 Å². The maximum Gasteiger partial charge on any atom is 0.0931 e. The molecule has 0 radical (unpaired) electrons. The smallest absolute Gasteiger partial charge is 0.0931 e. The van der Waals surface area contributed by atoms with E-state index in [2.05, 4.69) is 17.6 Å². The van der Waals surface area contributed by atoms with Gasteiger partial charge in [-0.05, 0) is 36.8 Å². The van der Waals surface area contributed by atoms with Gasteiger partial charge in [-0.25, -0.2) is 0 Å². The molecule has 0 aliphatic heterocycles. The van der Waals surface area contributed by atoms with E-state index >= 15 is 0 Å². The standard InChI is InChI=1S/C14H22ClNOS/c1-11(12-7-13(15)18-8-12)16-9-14(10-17)5-3-2-4-6-14/h7-8,11,16-17H,2-6,9-10H2,1H3. The van der Waals surface area contributed by atoms with Crippen LogP contribution in [0, 0.1) is 5.41 Å². The molecule has 1 unspecified atom stereocenters. The molecule has 2 N–H and O–H groups in total. The SMILES string of the molecule is CC(NCC1(CO)CCCCC1)c1csc(Cl)c1. The molecule has 1 atom stereocenters. The van der Waals surface area contributed by atoms with E-state index in [1.807, 2.05) is 6.07 Å². The van der Waals surface area contributed by atoms with Crippen LogP contribution in [0.1, 0.15) is 50.6 Å². The summed E-state index contributed by atoms with van der Waals surface area (Å²) in [6.07, 6.45) is 6.11. The third-order valence-corrected chi connectivity index (χ3v) is 5.23. The van der Waals surface area contributed by atoms with E-state index in [-0.39, 0.29) is 5.41 Å². The highest BCUT2D eigenvalue weighted by atomic mass is 35.5. The predicted octanol–water partition coefficient (Wildman–Crippen LogP) is 3.99. The maximum absolute atomic E-state index is 9.67. The van der Waals surface area contributed by atoms with E-state index in [1.165, 1.54) is 24.8 Å². The molecule has 1 saturated carbocycles. The van der Waals surface area contributed by atoms with Gasteiger partial charge in [0.05, 0.1) is 4.34 Å². The summed E-state index contributed by atoms with van der Waals surface area (Å²) in [5.74, 6) is 0. The van der Waals surface area contributed by atoms with Crippen molar-refractivity contribution in [1.82, 2.24) is 5.32 Å². The Bertz CT molecular complexity index is 374. The van der Waals surface area contributed by atoms with Crippen molar-refractivity contribution in [1.29, 1.82) is 0 Å². The minimum absolute atomic E-state index is 0.103. The minimum atomic E-state index is 0.103. The first kappa shape index (κ1) is 14.3. The van der Waals surface area contributed by atoms with Crippen molar-refractivity contribution in [3.8, 4) is 0 Å². The van der Waals surface area contributed by atoms with Crippen molar-refractivity contribution in [2.24, 2.45) is 5.41 Å². The van der Waals surface area contributed by atoms with Crippen molar-refractivity contribution in [3.05, 3.63) is 21.3 Å². The zero-order valence-electron chi connectivity index (χ0n) is 10.9. The number of aliphatic hydroxyl groups excluding tert-OH is 1. The number of hydrogen-bond donors (Lipinski definition) is 2. The zero-order valence-corrected chi connectivity index (χ0v) is 12.5. The number of aliphatic hydroxyl groups is 1. The fraction of sp³-hybridized carbons (Fsp3) is 0.714. The highest BCUT2D eigenvalue weighted by molar-refractivity contribution is 7.14. The summed E-state index contributed by atoms with van der Waals surface area (Å²) in [6, 6.07) is 2.33. The molecule has 2 nitrogen and oxygen atoms in total. The summed E-state index contributed by atoms with van der Waals surface area (Å²) in [7, 11) is 0. The molecular weight excluding hydrogens is 266 g/mol. The fourth-order valence-electron chi connectivity index (χ4n) is 2.73. The van der Waals surface area contributed by atoms with E-state index in [0.717, 1.165) is 23.7 Å². The van der Waals surface area contributed by atoms with Crippen LogP contribution in [-0.4, -0.2) is 18.3 Å². The molecule has 0 bridgehead atoms. The zero-order chi connectivity index (χ0) is 13.0. The quantitative estimate of drug-likeness (QED) is 0.858. The van der Waals surface area contributed by atoms with Crippen LogP contribution >= 0.6 is 22.9 Å². The summed E-state index contributed by atoms with van der Waals surface area (Å²) in [5, 5.41) is 15.3. The van der Waals surface area contributed by atoms with Gasteiger partial charge in [-0.15, -0.1) is 11.3 Å². The Balaban J connectivity index is 1.89. The summed E-state index contributed by atoms with van der Waals surface area (Å²) in [6.45, 7) is 3.36. The van der Waals surface area contributed by atoms with Crippen molar-refractivity contribution < 1.29 is 5.11 Å². The number of thiophene rings is 1. The van der Waals surface area contributed by atoms with E-state index in [9.17, 15) is 5.11 Å². The molecule has 1 aliphatic rings. The summed E-state index contributed by atoms with van der Waals surface area (Å²) in [4.78, 5) is 0. The third kappa shape index (κ3) is 3.47. The van der Waals surface area contributed by atoms with Crippen LogP contribution in [0.5, 0.6) is 0 Å². The highest BCUT2D eigenvalue weighted by Crippen LogP contribution is 2.36. The Labute approximate surface area is 118 Å². The maximum atomic E-state index is 9.67. The molecule has 0 aromatic carbocycles. The largest absolute Gasteiger partial charge is 0.396 e. The van der Waals surface area contributed by atoms with Crippen LogP contribution in [0.3, 0.4) is 0 Å². The van der Waals surface area contributed by atoms with Crippen LogP contribution in [0.4, 0.5) is 0 Å². The Kier molecular flexibility index (Phi) is 5.07.